The van der Waals surface area contributed by atoms with Gasteiger partial charge in [0.25, 0.3) is 0 Å². The molecular weight excluding hydrogens is 536 g/mol. The molecule has 1 aromatic rings. The molecule has 2 aliphatic rings. The van der Waals surface area contributed by atoms with Crippen LogP contribution in [0, 0.1) is 0 Å². The van der Waals surface area contributed by atoms with E-state index in [0.29, 0.717) is 11.5 Å². The van der Waals surface area contributed by atoms with Gasteiger partial charge in [0.2, 0.25) is 5.28 Å². The second-order valence-corrected chi connectivity index (χ2v) is 13.9. The van der Waals surface area contributed by atoms with Crippen LogP contribution in [0.4, 0.5) is 11.5 Å². The maximum absolute atomic E-state index is 13.1. The Kier molecular flexibility index (Phi) is 12.4. The van der Waals surface area contributed by atoms with Gasteiger partial charge in [-0.15, -0.1) is 10.6 Å². The number of unbranched alkanes of at least 4 members (excludes halogenated alkanes) is 12. The minimum atomic E-state index is -3.58. The van der Waals surface area contributed by atoms with Gasteiger partial charge in [-0.3, -0.25) is 5.01 Å². The van der Waals surface area contributed by atoms with Crippen LogP contribution < -0.4 is 20.9 Å². The van der Waals surface area contributed by atoms with Gasteiger partial charge in [-0.25, -0.2) is 18.9 Å². The minimum absolute atomic E-state index is 0.00637. The number of aromatic nitrogens is 2. The molecule has 0 spiro atoms. The molecule has 222 valence electrons. The third-order valence-corrected chi connectivity index (χ3v) is 10.2. The fraction of sp³-hybridized carbons (Fsp3) is 0.815. The molecule has 0 aromatic carbocycles. The average Bonchev–Trinajstić information content (AvgIpc) is 3.41. The lowest BCUT2D eigenvalue weighted by atomic mass is 10.0. The SMILES string of the molecule is CC1N(C)c2nc(Cl)nc(S(=O)(=O)C(C)C)c2N1CCCCCCCCCCCCCCCC1=NNNN1C. The Morgan fingerprint density at radius 1 is 0.872 bits per heavy atom. The van der Waals surface area contributed by atoms with Crippen molar-refractivity contribution in [2.75, 3.05) is 30.4 Å². The van der Waals surface area contributed by atoms with E-state index in [1.165, 1.54) is 70.6 Å². The summed E-state index contributed by atoms with van der Waals surface area (Å²) in [5.41, 5.74) is 6.34. The van der Waals surface area contributed by atoms with Crippen molar-refractivity contribution in [2.45, 2.75) is 127 Å². The van der Waals surface area contributed by atoms with Crippen molar-refractivity contribution in [1.29, 1.82) is 0 Å². The van der Waals surface area contributed by atoms with Crippen LogP contribution in [-0.4, -0.2) is 61.3 Å². The molecule has 39 heavy (non-hydrogen) atoms. The van der Waals surface area contributed by atoms with Gasteiger partial charge in [0.15, 0.2) is 20.7 Å². The van der Waals surface area contributed by atoms with E-state index >= 15 is 0 Å². The van der Waals surface area contributed by atoms with Crippen LogP contribution in [0.15, 0.2) is 10.1 Å². The smallest absolute Gasteiger partial charge is 0.225 e. The number of sulfone groups is 1. The van der Waals surface area contributed by atoms with Crippen molar-refractivity contribution >= 4 is 38.8 Å². The predicted molar refractivity (Wildman–Crippen MR) is 161 cm³/mol. The van der Waals surface area contributed by atoms with Crippen LogP contribution in [0.1, 0.15) is 111 Å². The van der Waals surface area contributed by atoms with Crippen LogP contribution in [0.25, 0.3) is 0 Å². The Hall–Kier alpha value is -1.85. The third-order valence-electron chi connectivity index (χ3n) is 7.92. The molecule has 0 radical (unpaired) electrons. The van der Waals surface area contributed by atoms with Gasteiger partial charge in [0, 0.05) is 27.1 Å². The molecule has 1 atom stereocenters. The van der Waals surface area contributed by atoms with E-state index < -0.39 is 15.1 Å². The van der Waals surface area contributed by atoms with E-state index in [1.807, 2.05) is 24.0 Å². The van der Waals surface area contributed by atoms with E-state index in [9.17, 15) is 8.42 Å². The number of fused-ring (bicyclic) bond motifs is 1. The van der Waals surface area contributed by atoms with Crippen molar-refractivity contribution in [2.24, 2.45) is 5.10 Å². The summed E-state index contributed by atoms with van der Waals surface area (Å²) in [6.07, 6.45) is 17.4. The van der Waals surface area contributed by atoms with Crippen LogP contribution in [0.2, 0.25) is 5.28 Å². The highest BCUT2D eigenvalue weighted by atomic mass is 35.5. The van der Waals surface area contributed by atoms with E-state index in [0.717, 1.165) is 31.6 Å². The summed E-state index contributed by atoms with van der Waals surface area (Å²) in [6.45, 7) is 6.20. The average molecular weight is 585 g/mol. The zero-order valence-corrected chi connectivity index (χ0v) is 26.1. The number of rotatable bonds is 18. The number of nitrogens with one attached hydrogen (secondary N) is 2. The maximum Gasteiger partial charge on any atom is 0.225 e. The molecule has 0 saturated heterocycles. The topological polar surface area (TPSA) is 106 Å². The Morgan fingerprint density at radius 3 is 1.92 bits per heavy atom. The second-order valence-electron chi connectivity index (χ2n) is 11.2. The lowest BCUT2D eigenvalue weighted by Gasteiger charge is -2.27. The predicted octanol–water partition coefficient (Wildman–Crippen LogP) is 5.64. The molecule has 0 amide bonds. The van der Waals surface area contributed by atoms with Gasteiger partial charge >= 0.3 is 0 Å². The van der Waals surface area contributed by atoms with Gasteiger partial charge in [0.1, 0.15) is 11.5 Å². The molecule has 0 bridgehead atoms. The summed E-state index contributed by atoms with van der Waals surface area (Å²) < 4.78 is 26.1. The fourth-order valence-electron chi connectivity index (χ4n) is 5.23. The Balaban J connectivity index is 1.27. The Morgan fingerprint density at radius 2 is 1.41 bits per heavy atom. The molecule has 1 aromatic heterocycles. The number of hydrogen-bond donors (Lipinski definition) is 2. The molecule has 3 rings (SSSR count). The Labute approximate surface area is 240 Å². The molecule has 0 aliphatic carbocycles. The highest BCUT2D eigenvalue weighted by Gasteiger charge is 2.39. The summed E-state index contributed by atoms with van der Waals surface area (Å²) in [5.74, 6) is 1.69. The number of amidine groups is 1. The normalized spacial score (nSPS) is 17.3. The van der Waals surface area contributed by atoms with Gasteiger partial charge in [0.05, 0.1) is 11.4 Å². The molecule has 12 heteroatoms. The second kappa shape index (κ2) is 15.2. The summed E-state index contributed by atoms with van der Waals surface area (Å²) in [5, 5.41) is 5.62. The first-order valence-electron chi connectivity index (χ1n) is 14.8. The number of anilines is 2. The van der Waals surface area contributed by atoms with Crippen molar-refractivity contribution in [1.82, 2.24) is 26.0 Å². The van der Waals surface area contributed by atoms with E-state index in [1.54, 1.807) is 13.8 Å². The number of hydrogen-bond acceptors (Lipinski definition) is 10. The van der Waals surface area contributed by atoms with Crippen molar-refractivity contribution in [3.63, 3.8) is 0 Å². The summed E-state index contributed by atoms with van der Waals surface area (Å²) in [4.78, 5) is 12.7. The highest BCUT2D eigenvalue weighted by Crippen LogP contribution is 2.42. The third kappa shape index (κ3) is 8.57. The quantitative estimate of drug-likeness (QED) is 0.129. The van der Waals surface area contributed by atoms with Gasteiger partial charge in [-0.1, -0.05) is 70.6 Å². The van der Waals surface area contributed by atoms with Crippen molar-refractivity contribution in [3.05, 3.63) is 5.28 Å². The molecule has 1 unspecified atom stereocenters. The lowest BCUT2D eigenvalue weighted by Crippen LogP contribution is -2.39. The number of hydrazone groups is 1. The van der Waals surface area contributed by atoms with E-state index in [-0.39, 0.29) is 16.5 Å². The minimum Gasteiger partial charge on any atom is -0.346 e. The van der Waals surface area contributed by atoms with E-state index in [2.05, 4.69) is 38.0 Å². The Bertz CT molecular complexity index is 1050. The maximum atomic E-state index is 13.1. The number of hydrazine groups is 2. The van der Waals surface area contributed by atoms with Crippen LogP contribution in [0.5, 0.6) is 0 Å². The van der Waals surface area contributed by atoms with Crippen LogP contribution in [-0.2, 0) is 9.84 Å². The van der Waals surface area contributed by atoms with Gasteiger partial charge in [-0.05, 0) is 45.2 Å². The first-order valence-corrected chi connectivity index (χ1v) is 16.7. The molecule has 0 saturated carbocycles. The summed E-state index contributed by atoms with van der Waals surface area (Å²) in [6, 6.07) is 0. The molecule has 2 N–H and O–H groups in total. The van der Waals surface area contributed by atoms with Crippen molar-refractivity contribution < 1.29 is 8.42 Å². The molecule has 10 nitrogen and oxygen atoms in total. The van der Waals surface area contributed by atoms with Gasteiger partial charge in [-0.2, -0.15) is 4.98 Å². The molecule has 3 heterocycles. The highest BCUT2D eigenvalue weighted by molar-refractivity contribution is 7.92. The number of nitrogens with zero attached hydrogens (tertiary/aromatic N) is 6. The first-order chi connectivity index (χ1) is 18.6. The number of halogens is 1. The molecular formula is C27H49ClN8O2S. The summed E-state index contributed by atoms with van der Waals surface area (Å²) >= 11 is 6.12. The zero-order chi connectivity index (χ0) is 28.4. The van der Waals surface area contributed by atoms with E-state index in [4.69, 9.17) is 11.6 Å². The fourth-order valence-corrected chi connectivity index (χ4v) is 6.58. The molecule has 0 fully saturated rings. The van der Waals surface area contributed by atoms with Gasteiger partial charge < -0.3 is 9.80 Å². The first kappa shape index (κ1) is 31.7. The molecule has 2 aliphatic heterocycles. The standard InChI is InChI=1S/C27H49ClN8O2S/c1-21(2)39(37,38)26-24-25(29-27(28)30-26)34(4)22(3)36(24)20-18-16-14-12-10-8-6-7-9-11-13-15-17-19-23-31-32-33-35(23)5/h21-22,32-33H,6-20H2,1-5H3. The lowest BCUT2D eigenvalue weighted by molar-refractivity contribution is 0.343. The van der Waals surface area contributed by atoms with Crippen molar-refractivity contribution in [3.8, 4) is 0 Å². The largest absolute Gasteiger partial charge is 0.346 e. The van der Waals surface area contributed by atoms with Crippen LogP contribution >= 0.6 is 11.6 Å². The monoisotopic (exact) mass is 584 g/mol. The zero-order valence-electron chi connectivity index (χ0n) is 24.5. The van der Waals surface area contributed by atoms with Crippen LogP contribution in [0.3, 0.4) is 0 Å². The summed E-state index contributed by atoms with van der Waals surface area (Å²) in [7, 11) is 0.333.